The Balaban J connectivity index is 1.58. The Kier molecular flexibility index (Phi) is 6.02. The van der Waals surface area contributed by atoms with Crippen LogP contribution in [0.1, 0.15) is 10.4 Å². The number of benzene rings is 2. The Bertz CT molecular complexity index is 1340. The molecule has 32 heavy (non-hydrogen) atoms. The van der Waals surface area contributed by atoms with E-state index in [4.69, 9.17) is 0 Å². The molecule has 7 nitrogen and oxygen atoms in total. The van der Waals surface area contributed by atoms with E-state index in [0.29, 0.717) is 22.9 Å². The van der Waals surface area contributed by atoms with Crippen LogP contribution in [0.3, 0.4) is 0 Å². The molecule has 2 aromatic heterocycles. The van der Waals surface area contributed by atoms with E-state index in [1.807, 2.05) is 29.8 Å². The number of rotatable bonds is 7. The molecule has 1 amide bonds. The fraction of sp³-hybridized carbons (Fsp3) is 0.0870. The number of anilines is 1. The van der Waals surface area contributed by atoms with E-state index in [0.717, 1.165) is 11.3 Å². The maximum atomic E-state index is 13.2. The number of hydrogen-bond acceptors (Lipinski definition) is 6. The Morgan fingerprint density at radius 2 is 1.88 bits per heavy atom. The van der Waals surface area contributed by atoms with Gasteiger partial charge in [0.2, 0.25) is 0 Å². The lowest BCUT2D eigenvalue weighted by Crippen LogP contribution is -2.31. The van der Waals surface area contributed by atoms with Gasteiger partial charge in [-0.05, 0) is 42.5 Å². The summed E-state index contributed by atoms with van der Waals surface area (Å²) in [6.45, 7) is 4.07. The van der Waals surface area contributed by atoms with Crippen LogP contribution in [-0.2, 0) is 9.84 Å². The quantitative estimate of drug-likeness (QED) is 0.382. The Morgan fingerprint density at radius 3 is 2.47 bits per heavy atom. The highest BCUT2D eigenvalue weighted by Gasteiger charge is 2.20. The molecule has 0 fully saturated rings. The molecule has 0 saturated heterocycles. The largest absolute Gasteiger partial charge is 0.280 e. The molecule has 2 aromatic carbocycles. The molecule has 0 aliphatic carbocycles. The summed E-state index contributed by atoms with van der Waals surface area (Å²) in [5, 5.41) is 6.57. The Morgan fingerprint density at radius 1 is 1.16 bits per heavy atom. The highest BCUT2D eigenvalue weighted by molar-refractivity contribution is 7.90. The third-order valence-corrected chi connectivity index (χ3v) is 6.73. The molecule has 0 aliphatic heterocycles. The van der Waals surface area contributed by atoms with Crippen molar-refractivity contribution in [1.82, 2.24) is 14.8 Å². The van der Waals surface area contributed by atoms with Gasteiger partial charge < -0.3 is 0 Å². The molecule has 4 aromatic rings. The number of nitrogens with zero attached hydrogens (tertiary/aromatic N) is 4. The predicted molar refractivity (Wildman–Crippen MR) is 126 cm³/mol. The smallest absolute Gasteiger partial charge is 0.260 e. The standard InChI is InChI=1S/C23H20N4O3S2/c1-3-14-26(22(28)18-5-9-19(10-6-18)27-15-4-13-24-27)23-25-21(16-31-23)17-7-11-20(12-8-17)32(2,29)30/h3-13,15-16H,1,14H2,2H3. The van der Waals surface area contributed by atoms with E-state index in [1.54, 1.807) is 58.3 Å². The van der Waals surface area contributed by atoms with E-state index >= 15 is 0 Å². The number of aromatic nitrogens is 3. The molecule has 4 rings (SSSR count). The SMILES string of the molecule is C=CCN(C(=O)c1ccc(-n2cccn2)cc1)c1nc(-c2ccc(S(C)(=O)=O)cc2)cs1. The molecule has 9 heteroatoms. The normalized spacial score (nSPS) is 11.3. The molecule has 0 atom stereocenters. The number of carbonyl (C=O) groups excluding carboxylic acids is 1. The van der Waals surface area contributed by atoms with Crippen LogP contribution in [0.15, 0.2) is 89.9 Å². The van der Waals surface area contributed by atoms with Gasteiger partial charge >= 0.3 is 0 Å². The number of carbonyl (C=O) groups is 1. The van der Waals surface area contributed by atoms with Gasteiger partial charge in [0, 0.05) is 41.7 Å². The first-order chi connectivity index (χ1) is 15.4. The molecular formula is C23H20N4O3S2. The summed E-state index contributed by atoms with van der Waals surface area (Å²) in [6.07, 6.45) is 6.35. The first-order valence-electron chi connectivity index (χ1n) is 9.65. The molecular weight excluding hydrogens is 444 g/mol. The van der Waals surface area contributed by atoms with Gasteiger partial charge in [-0.15, -0.1) is 17.9 Å². The van der Waals surface area contributed by atoms with Crippen molar-refractivity contribution >= 4 is 32.2 Å². The van der Waals surface area contributed by atoms with Crippen LogP contribution in [0, 0.1) is 0 Å². The summed E-state index contributed by atoms with van der Waals surface area (Å²) in [5.74, 6) is -0.190. The second-order valence-corrected chi connectivity index (χ2v) is 9.87. The van der Waals surface area contributed by atoms with Crippen LogP contribution in [0.25, 0.3) is 16.9 Å². The van der Waals surface area contributed by atoms with Gasteiger partial charge in [-0.25, -0.2) is 18.1 Å². The topological polar surface area (TPSA) is 85.2 Å². The summed E-state index contributed by atoms with van der Waals surface area (Å²) in [7, 11) is -3.26. The predicted octanol–water partition coefficient (Wildman–Crippen LogP) is 4.23. The fourth-order valence-corrected chi connectivity index (χ4v) is 4.58. The third kappa shape index (κ3) is 4.53. The average molecular weight is 465 g/mol. The number of amides is 1. The van der Waals surface area contributed by atoms with Gasteiger partial charge in [0.05, 0.1) is 16.3 Å². The minimum Gasteiger partial charge on any atom is -0.280 e. The molecule has 0 spiro atoms. The van der Waals surface area contributed by atoms with Crippen LogP contribution < -0.4 is 4.90 Å². The maximum absolute atomic E-state index is 13.2. The lowest BCUT2D eigenvalue weighted by atomic mass is 10.2. The number of thiazole rings is 1. The van der Waals surface area contributed by atoms with E-state index in [9.17, 15) is 13.2 Å². The summed E-state index contributed by atoms with van der Waals surface area (Å²) in [4.78, 5) is 19.6. The van der Waals surface area contributed by atoms with Gasteiger partial charge in [0.1, 0.15) is 0 Å². The van der Waals surface area contributed by atoms with Crippen molar-refractivity contribution in [2.24, 2.45) is 0 Å². The van der Waals surface area contributed by atoms with Gasteiger partial charge in [0.25, 0.3) is 5.91 Å². The molecule has 162 valence electrons. The van der Waals surface area contributed by atoms with Crippen LogP contribution in [0.2, 0.25) is 0 Å². The molecule has 0 aliphatic rings. The van der Waals surface area contributed by atoms with Crippen LogP contribution >= 0.6 is 11.3 Å². The van der Waals surface area contributed by atoms with Crippen molar-refractivity contribution in [3.8, 4) is 16.9 Å². The summed E-state index contributed by atoms with van der Waals surface area (Å²) < 4.78 is 25.1. The van der Waals surface area contributed by atoms with Crippen LogP contribution in [0.4, 0.5) is 5.13 Å². The van der Waals surface area contributed by atoms with Crippen molar-refractivity contribution < 1.29 is 13.2 Å². The van der Waals surface area contributed by atoms with E-state index in [-0.39, 0.29) is 10.8 Å². The number of sulfone groups is 1. The van der Waals surface area contributed by atoms with Crippen molar-refractivity contribution in [3.05, 3.63) is 90.6 Å². The molecule has 0 N–H and O–H groups in total. The minimum absolute atomic E-state index is 0.190. The van der Waals surface area contributed by atoms with E-state index < -0.39 is 9.84 Å². The van der Waals surface area contributed by atoms with E-state index in [2.05, 4.69) is 16.7 Å². The maximum Gasteiger partial charge on any atom is 0.260 e. The first-order valence-corrected chi connectivity index (χ1v) is 12.4. The highest BCUT2D eigenvalue weighted by atomic mass is 32.2. The van der Waals surface area contributed by atoms with Gasteiger partial charge in [-0.3, -0.25) is 9.69 Å². The molecule has 0 radical (unpaired) electrons. The van der Waals surface area contributed by atoms with Crippen molar-refractivity contribution in [3.63, 3.8) is 0 Å². The fourth-order valence-electron chi connectivity index (χ4n) is 3.10. The summed E-state index contributed by atoms with van der Waals surface area (Å²) >= 11 is 1.34. The lowest BCUT2D eigenvalue weighted by molar-refractivity contribution is 0.0989. The molecule has 0 unspecified atom stereocenters. The first kappa shape index (κ1) is 21.7. The van der Waals surface area contributed by atoms with E-state index in [1.165, 1.54) is 17.6 Å². The van der Waals surface area contributed by atoms with Crippen LogP contribution in [-0.4, -0.2) is 41.9 Å². The monoisotopic (exact) mass is 464 g/mol. The lowest BCUT2D eigenvalue weighted by Gasteiger charge is -2.18. The Labute approximate surface area is 190 Å². The molecule has 0 saturated carbocycles. The Hall–Kier alpha value is -3.56. The van der Waals surface area contributed by atoms with Crippen molar-refractivity contribution in [2.45, 2.75) is 4.90 Å². The van der Waals surface area contributed by atoms with Crippen molar-refractivity contribution in [2.75, 3.05) is 17.7 Å². The third-order valence-electron chi connectivity index (χ3n) is 4.74. The second-order valence-electron chi connectivity index (χ2n) is 7.01. The summed E-state index contributed by atoms with van der Waals surface area (Å²) in [6, 6.07) is 15.5. The highest BCUT2D eigenvalue weighted by Crippen LogP contribution is 2.29. The zero-order valence-corrected chi connectivity index (χ0v) is 18.9. The van der Waals surface area contributed by atoms with Crippen LogP contribution in [0.5, 0.6) is 0 Å². The van der Waals surface area contributed by atoms with Gasteiger partial charge in [-0.1, -0.05) is 18.2 Å². The zero-order chi connectivity index (χ0) is 22.7. The zero-order valence-electron chi connectivity index (χ0n) is 17.2. The average Bonchev–Trinajstić information content (AvgIpc) is 3.49. The molecule has 2 heterocycles. The van der Waals surface area contributed by atoms with Gasteiger partial charge in [0.15, 0.2) is 15.0 Å². The molecule has 0 bridgehead atoms. The van der Waals surface area contributed by atoms with Crippen molar-refractivity contribution in [1.29, 1.82) is 0 Å². The van der Waals surface area contributed by atoms with Gasteiger partial charge in [-0.2, -0.15) is 5.10 Å². The number of hydrogen-bond donors (Lipinski definition) is 0. The minimum atomic E-state index is -3.26. The summed E-state index contributed by atoms with van der Waals surface area (Å²) in [5.41, 5.74) is 2.82. The second kappa shape index (κ2) is 8.89.